The van der Waals surface area contributed by atoms with Gasteiger partial charge in [-0.3, -0.25) is 4.79 Å². The Labute approximate surface area is 250 Å². The number of ketones is 1. The number of methoxy groups -OCH3 is 1. The largest absolute Gasteiger partial charge is 0.508 e. The standard InChI is InChI=1S/C31H30O13/c1-41-22-11-5-17(14-21(22)34)4-10-20(33)19-9-12-23(27(37)26(19)36)43-31-30(40)29(39)28(38)24(44-31)15-42-25(35)13-6-16-2-7-18(32)8-3-16/h2-14,24,28-32,34,36-40H,15H2,1H3/b10-4+,13-6+/t24?,28-,29?,30+,31-/m1/s1. The van der Waals surface area contributed by atoms with Crippen LogP contribution < -0.4 is 9.47 Å². The molecule has 1 aliphatic rings. The quantitative estimate of drug-likeness (QED) is 0.0757. The number of hydrogen-bond acceptors (Lipinski definition) is 13. The summed E-state index contributed by atoms with van der Waals surface area (Å²) in [6.07, 6.45) is -3.36. The highest BCUT2D eigenvalue weighted by atomic mass is 16.7. The minimum atomic E-state index is -1.82. The van der Waals surface area contributed by atoms with Gasteiger partial charge in [0.1, 0.15) is 36.8 Å². The molecule has 1 heterocycles. The lowest BCUT2D eigenvalue weighted by atomic mass is 9.99. The molecule has 0 aliphatic carbocycles. The van der Waals surface area contributed by atoms with Crippen LogP contribution in [-0.2, 0) is 14.3 Å². The third-order valence-electron chi connectivity index (χ3n) is 6.62. The molecular weight excluding hydrogens is 580 g/mol. The van der Waals surface area contributed by atoms with Gasteiger partial charge in [-0.15, -0.1) is 0 Å². The molecule has 7 N–H and O–H groups in total. The molecule has 13 heteroatoms. The van der Waals surface area contributed by atoms with Crippen LogP contribution in [0.3, 0.4) is 0 Å². The summed E-state index contributed by atoms with van der Waals surface area (Å²) in [7, 11) is 1.39. The van der Waals surface area contributed by atoms with Gasteiger partial charge in [0.05, 0.1) is 12.7 Å². The molecule has 5 atom stereocenters. The third-order valence-corrected chi connectivity index (χ3v) is 6.62. The lowest BCUT2D eigenvalue weighted by molar-refractivity contribution is -0.278. The minimum Gasteiger partial charge on any atom is -0.508 e. The second-order valence-electron chi connectivity index (χ2n) is 9.62. The van der Waals surface area contributed by atoms with Crippen molar-refractivity contribution in [2.75, 3.05) is 13.7 Å². The number of phenolic OH excluding ortho intramolecular Hbond substituents is 4. The number of carbonyl (C=O) groups excluding carboxylic acids is 2. The number of ether oxygens (including phenoxy) is 4. The van der Waals surface area contributed by atoms with Crippen molar-refractivity contribution in [1.82, 2.24) is 0 Å². The molecule has 1 aliphatic heterocycles. The summed E-state index contributed by atoms with van der Waals surface area (Å²) in [6.45, 7) is -0.549. The molecule has 0 spiro atoms. The van der Waals surface area contributed by atoms with Crippen LogP contribution in [0, 0.1) is 0 Å². The fraction of sp³-hybridized carbons (Fsp3) is 0.226. The molecule has 1 fully saturated rings. The Balaban J connectivity index is 1.40. The zero-order chi connectivity index (χ0) is 32.0. The van der Waals surface area contributed by atoms with E-state index >= 15 is 0 Å². The van der Waals surface area contributed by atoms with Gasteiger partial charge in [-0.25, -0.2) is 4.79 Å². The van der Waals surface area contributed by atoms with Crippen molar-refractivity contribution in [2.24, 2.45) is 0 Å². The van der Waals surface area contributed by atoms with Crippen molar-refractivity contribution in [1.29, 1.82) is 0 Å². The maximum atomic E-state index is 12.7. The molecule has 0 aromatic heterocycles. The van der Waals surface area contributed by atoms with Crippen LogP contribution >= 0.6 is 0 Å². The molecule has 0 radical (unpaired) electrons. The Morgan fingerprint density at radius 3 is 2.14 bits per heavy atom. The molecule has 0 saturated carbocycles. The van der Waals surface area contributed by atoms with E-state index in [1.54, 1.807) is 18.2 Å². The van der Waals surface area contributed by atoms with Crippen molar-refractivity contribution < 1.29 is 64.3 Å². The lowest BCUT2D eigenvalue weighted by Crippen LogP contribution is -2.60. The second kappa shape index (κ2) is 13.9. The number of phenols is 4. The van der Waals surface area contributed by atoms with E-state index in [0.717, 1.165) is 24.3 Å². The predicted octanol–water partition coefficient (Wildman–Crippen LogP) is 1.86. The Morgan fingerprint density at radius 2 is 1.45 bits per heavy atom. The smallest absolute Gasteiger partial charge is 0.330 e. The molecular formula is C31H30O13. The summed E-state index contributed by atoms with van der Waals surface area (Å²) in [5.41, 5.74) is 0.762. The first-order valence-corrected chi connectivity index (χ1v) is 13.1. The van der Waals surface area contributed by atoms with E-state index in [4.69, 9.17) is 18.9 Å². The summed E-state index contributed by atoms with van der Waals surface area (Å²) in [5.74, 6) is -3.50. The molecule has 2 unspecified atom stereocenters. The maximum absolute atomic E-state index is 12.7. The molecule has 0 bridgehead atoms. The van der Waals surface area contributed by atoms with Gasteiger partial charge in [0.25, 0.3) is 0 Å². The number of aliphatic hydroxyl groups is 3. The van der Waals surface area contributed by atoms with Crippen molar-refractivity contribution >= 4 is 23.9 Å². The summed E-state index contributed by atoms with van der Waals surface area (Å²) >= 11 is 0. The Hall–Kier alpha value is -5.08. The van der Waals surface area contributed by atoms with Crippen LogP contribution in [0.15, 0.2) is 66.7 Å². The number of rotatable bonds is 10. The molecule has 4 rings (SSSR count). The van der Waals surface area contributed by atoms with Crippen LogP contribution in [0.2, 0.25) is 0 Å². The topological polar surface area (TPSA) is 213 Å². The SMILES string of the molecule is COc1ccc(/C=C/C(=O)c2ccc(O[C@@H]3OC(COC(=O)/C=C/c4ccc(O)cc4)[C@@H](O)C(O)[C@@H]3O)c(O)c2O)cc1O. The van der Waals surface area contributed by atoms with Gasteiger partial charge < -0.3 is 54.7 Å². The van der Waals surface area contributed by atoms with Gasteiger partial charge in [-0.2, -0.15) is 0 Å². The van der Waals surface area contributed by atoms with E-state index in [0.29, 0.717) is 11.1 Å². The number of esters is 1. The fourth-order valence-electron chi connectivity index (χ4n) is 4.17. The first-order valence-electron chi connectivity index (χ1n) is 13.1. The van der Waals surface area contributed by atoms with E-state index in [1.165, 1.54) is 43.5 Å². The Bertz CT molecular complexity index is 1550. The minimum absolute atomic E-state index is 0.0547. The van der Waals surface area contributed by atoms with Gasteiger partial charge in [0.15, 0.2) is 28.8 Å². The van der Waals surface area contributed by atoms with Gasteiger partial charge >= 0.3 is 5.97 Å². The van der Waals surface area contributed by atoms with E-state index < -0.39 is 66.3 Å². The number of benzene rings is 3. The first kappa shape index (κ1) is 31.8. The monoisotopic (exact) mass is 610 g/mol. The molecule has 232 valence electrons. The van der Waals surface area contributed by atoms with Crippen molar-refractivity contribution in [3.63, 3.8) is 0 Å². The number of allylic oxidation sites excluding steroid dienone is 1. The van der Waals surface area contributed by atoms with Crippen LogP contribution in [-0.4, -0.2) is 91.9 Å². The Kier molecular flexibility index (Phi) is 10.1. The van der Waals surface area contributed by atoms with Gasteiger partial charge in [-0.1, -0.05) is 24.3 Å². The predicted molar refractivity (Wildman–Crippen MR) is 153 cm³/mol. The third kappa shape index (κ3) is 7.46. The normalized spacial score (nSPS) is 21.8. The average Bonchev–Trinajstić information content (AvgIpc) is 3.01. The van der Waals surface area contributed by atoms with Gasteiger partial charge in [-0.05, 0) is 59.7 Å². The van der Waals surface area contributed by atoms with E-state index in [-0.39, 0.29) is 22.8 Å². The molecule has 13 nitrogen and oxygen atoms in total. The number of carbonyl (C=O) groups is 2. The summed E-state index contributed by atoms with van der Waals surface area (Å²) in [4.78, 5) is 24.8. The summed E-state index contributed by atoms with van der Waals surface area (Å²) < 4.78 is 21.0. The molecule has 3 aromatic carbocycles. The van der Waals surface area contributed by atoms with Crippen LogP contribution in [0.4, 0.5) is 0 Å². The first-order chi connectivity index (χ1) is 21.0. The molecule has 1 saturated heterocycles. The molecule has 44 heavy (non-hydrogen) atoms. The summed E-state index contributed by atoms with van der Waals surface area (Å²) in [6, 6.07) is 12.7. The lowest BCUT2D eigenvalue weighted by Gasteiger charge is -2.39. The van der Waals surface area contributed by atoms with Crippen molar-refractivity contribution in [3.8, 4) is 34.5 Å². The van der Waals surface area contributed by atoms with E-state index in [1.807, 2.05) is 0 Å². The second-order valence-corrected chi connectivity index (χ2v) is 9.62. The van der Waals surface area contributed by atoms with Crippen molar-refractivity contribution in [3.05, 3.63) is 83.4 Å². The zero-order valence-electron chi connectivity index (χ0n) is 23.2. The highest BCUT2D eigenvalue weighted by Gasteiger charge is 2.45. The number of aromatic hydroxyl groups is 4. The van der Waals surface area contributed by atoms with Crippen molar-refractivity contribution in [2.45, 2.75) is 30.7 Å². The Morgan fingerprint density at radius 1 is 0.795 bits per heavy atom. The molecule has 3 aromatic rings. The molecule has 0 amide bonds. The average molecular weight is 611 g/mol. The summed E-state index contributed by atoms with van der Waals surface area (Å²) in [5, 5.41) is 71.3. The van der Waals surface area contributed by atoms with Gasteiger partial charge in [0.2, 0.25) is 12.0 Å². The maximum Gasteiger partial charge on any atom is 0.330 e. The van der Waals surface area contributed by atoms with Crippen LogP contribution in [0.5, 0.6) is 34.5 Å². The highest BCUT2D eigenvalue weighted by molar-refractivity contribution is 6.09. The number of aliphatic hydroxyl groups excluding tert-OH is 3. The highest BCUT2D eigenvalue weighted by Crippen LogP contribution is 2.40. The van der Waals surface area contributed by atoms with Crippen LogP contribution in [0.25, 0.3) is 12.2 Å². The van der Waals surface area contributed by atoms with Gasteiger partial charge in [0, 0.05) is 6.08 Å². The number of hydrogen-bond donors (Lipinski definition) is 7. The van der Waals surface area contributed by atoms with Crippen LogP contribution in [0.1, 0.15) is 21.5 Å². The van der Waals surface area contributed by atoms with E-state index in [9.17, 15) is 45.3 Å². The van der Waals surface area contributed by atoms with E-state index in [2.05, 4.69) is 0 Å². The zero-order valence-corrected chi connectivity index (χ0v) is 23.2. The fourth-order valence-corrected chi connectivity index (χ4v) is 4.17.